The number of benzene rings is 2. The SMILES string of the molecule is CCN(c1ccccc1)C(C(=O)O)c1ccc(F)c(C)c1. The van der Waals surface area contributed by atoms with Gasteiger partial charge in [0.15, 0.2) is 6.04 Å². The highest BCUT2D eigenvalue weighted by atomic mass is 19.1. The molecule has 0 bridgehead atoms. The summed E-state index contributed by atoms with van der Waals surface area (Å²) in [5.74, 6) is -1.28. The minimum Gasteiger partial charge on any atom is -0.479 e. The Balaban J connectivity index is 2.46. The van der Waals surface area contributed by atoms with Gasteiger partial charge in [0.25, 0.3) is 0 Å². The van der Waals surface area contributed by atoms with Crippen LogP contribution in [0.2, 0.25) is 0 Å². The third-order valence-electron chi connectivity index (χ3n) is 3.47. The number of para-hydroxylation sites is 1. The van der Waals surface area contributed by atoms with E-state index in [4.69, 9.17) is 0 Å². The lowest BCUT2D eigenvalue weighted by Gasteiger charge is -2.30. The molecule has 0 radical (unpaired) electrons. The first-order valence-corrected chi connectivity index (χ1v) is 6.85. The number of carbonyl (C=O) groups is 1. The number of anilines is 1. The minimum absolute atomic E-state index is 0.328. The normalized spacial score (nSPS) is 12.0. The van der Waals surface area contributed by atoms with E-state index in [1.54, 1.807) is 17.9 Å². The van der Waals surface area contributed by atoms with Crippen LogP contribution in [-0.2, 0) is 4.79 Å². The summed E-state index contributed by atoms with van der Waals surface area (Å²) in [5.41, 5.74) is 1.85. The topological polar surface area (TPSA) is 40.5 Å². The molecule has 0 saturated heterocycles. The van der Waals surface area contributed by atoms with Crippen molar-refractivity contribution in [2.75, 3.05) is 11.4 Å². The van der Waals surface area contributed by atoms with Crippen molar-refractivity contribution in [1.29, 1.82) is 0 Å². The number of aryl methyl sites for hydroxylation is 1. The molecular weight excluding hydrogens is 269 g/mol. The van der Waals surface area contributed by atoms with E-state index in [0.29, 0.717) is 17.7 Å². The first kappa shape index (κ1) is 15.0. The van der Waals surface area contributed by atoms with Gasteiger partial charge in [0, 0.05) is 12.2 Å². The Hall–Kier alpha value is -2.36. The van der Waals surface area contributed by atoms with Crippen molar-refractivity contribution in [2.24, 2.45) is 0 Å². The molecule has 0 aliphatic heterocycles. The van der Waals surface area contributed by atoms with Gasteiger partial charge in [-0.1, -0.05) is 30.3 Å². The van der Waals surface area contributed by atoms with E-state index < -0.39 is 12.0 Å². The number of hydrogen-bond acceptors (Lipinski definition) is 2. The highest BCUT2D eigenvalue weighted by Crippen LogP contribution is 2.28. The molecule has 0 amide bonds. The van der Waals surface area contributed by atoms with Gasteiger partial charge in [0.05, 0.1) is 0 Å². The molecule has 0 fully saturated rings. The van der Waals surface area contributed by atoms with Crippen molar-refractivity contribution in [3.05, 3.63) is 65.5 Å². The minimum atomic E-state index is -0.952. The molecule has 0 aliphatic carbocycles. The predicted octanol–water partition coefficient (Wildman–Crippen LogP) is 3.79. The lowest BCUT2D eigenvalue weighted by molar-refractivity contribution is -0.138. The Morgan fingerprint density at radius 1 is 1.24 bits per heavy atom. The zero-order valence-corrected chi connectivity index (χ0v) is 12.1. The lowest BCUT2D eigenvalue weighted by Crippen LogP contribution is -2.34. The maximum absolute atomic E-state index is 13.4. The van der Waals surface area contributed by atoms with E-state index in [1.165, 1.54) is 12.1 Å². The largest absolute Gasteiger partial charge is 0.479 e. The maximum atomic E-state index is 13.4. The fraction of sp³-hybridized carbons (Fsp3) is 0.235. The van der Waals surface area contributed by atoms with Gasteiger partial charge >= 0.3 is 5.97 Å². The van der Waals surface area contributed by atoms with E-state index in [-0.39, 0.29) is 5.82 Å². The van der Waals surface area contributed by atoms with E-state index in [1.807, 2.05) is 37.3 Å². The van der Waals surface area contributed by atoms with E-state index in [2.05, 4.69) is 0 Å². The molecule has 2 aromatic carbocycles. The average Bonchev–Trinajstić information content (AvgIpc) is 2.48. The van der Waals surface area contributed by atoms with E-state index in [0.717, 1.165) is 5.69 Å². The Morgan fingerprint density at radius 2 is 1.90 bits per heavy atom. The van der Waals surface area contributed by atoms with Gasteiger partial charge in [-0.05, 0) is 43.2 Å². The van der Waals surface area contributed by atoms with E-state index in [9.17, 15) is 14.3 Å². The molecule has 1 N–H and O–H groups in total. The third kappa shape index (κ3) is 3.21. The molecule has 2 rings (SSSR count). The summed E-state index contributed by atoms with van der Waals surface area (Å²) in [5, 5.41) is 9.61. The number of hydrogen-bond donors (Lipinski definition) is 1. The molecular formula is C17H18FNO2. The van der Waals surface area contributed by atoms with Gasteiger partial charge in [-0.3, -0.25) is 0 Å². The molecule has 0 aliphatic rings. The number of carboxylic acids is 1. The van der Waals surface area contributed by atoms with Crippen molar-refractivity contribution in [3.63, 3.8) is 0 Å². The summed E-state index contributed by atoms with van der Waals surface area (Å²) in [7, 11) is 0. The van der Waals surface area contributed by atoms with Gasteiger partial charge in [0.1, 0.15) is 5.82 Å². The number of aliphatic carboxylic acids is 1. The smallest absolute Gasteiger partial charge is 0.331 e. The summed E-state index contributed by atoms with van der Waals surface area (Å²) in [6.07, 6.45) is 0. The summed E-state index contributed by atoms with van der Waals surface area (Å²) < 4.78 is 13.4. The fourth-order valence-electron chi connectivity index (χ4n) is 2.43. The van der Waals surface area contributed by atoms with Gasteiger partial charge in [-0.25, -0.2) is 9.18 Å². The van der Waals surface area contributed by atoms with Crippen LogP contribution in [-0.4, -0.2) is 17.6 Å². The summed E-state index contributed by atoms with van der Waals surface area (Å²) in [6, 6.07) is 13.0. The van der Waals surface area contributed by atoms with Crippen LogP contribution in [0.4, 0.5) is 10.1 Å². The van der Waals surface area contributed by atoms with Crippen molar-refractivity contribution < 1.29 is 14.3 Å². The molecule has 1 atom stereocenters. The molecule has 21 heavy (non-hydrogen) atoms. The molecule has 0 aromatic heterocycles. The van der Waals surface area contributed by atoms with Crippen molar-refractivity contribution in [3.8, 4) is 0 Å². The van der Waals surface area contributed by atoms with Crippen molar-refractivity contribution in [2.45, 2.75) is 19.9 Å². The van der Waals surface area contributed by atoms with Crippen LogP contribution in [0.25, 0.3) is 0 Å². The molecule has 2 aromatic rings. The Bertz CT molecular complexity index is 628. The second kappa shape index (κ2) is 6.39. The second-order valence-corrected chi connectivity index (χ2v) is 4.87. The Labute approximate surface area is 123 Å². The summed E-state index contributed by atoms with van der Waals surface area (Å²) in [6.45, 7) is 4.08. The fourth-order valence-corrected chi connectivity index (χ4v) is 2.43. The molecule has 4 heteroatoms. The number of carboxylic acid groups (broad SMARTS) is 1. The predicted molar refractivity (Wildman–Crippen MR) is 81.0 cm³/mol. The van der Waals surface area contributed by atoms with Crippen LogP contribution in [0.1, 0.15) is 24.1 Å². The highest BCUT2D eigenvalue weighted by molar-refractivity contribution is 5.80. The first-order chi connectivity index (χ1) is 10.0. The Kier molecular flexibility index (Phi) is 4.58. The highest BCUT2D eigenvalue weighted by Gasteiger charge is 2.27. The Morgan fingerprint density at radius 3 is 2.43 bits per heavy atom. The van der Waals surface area contributed by atoms with Crippen LogP contribution in [0.5, 0.6) is 0 Å². The number of rotatable bonds is 5. The molecule has 0 saturated carbocycles. The number of likely N-dealkylation sites (N-methyl/N-ethyl adjacent to an activating group) is 1. The maximum Gasteiger partial charge on any atom is 0.331 e. The van der Waals surface area contributed by atoms with Crippen LogP contribution in [0.3, 0.4) is 0 Å². The molecule has 3 nitrogen and oxygen atoms in total. The molecule has 110 valence electrons. The van der Waals surface area contributed by atoms with Gasteiger partial charge in [0.2, 0.25) is 0 Å². The van der Waals surface area contributed by atoms with Gasteiger partial charge in [-0.2, -0.15) is 0 Å². The van der Waals surface area contributed by atoms with Crippen LogP contribution >= 0.6 is 0 Å². The second-order valence-electron chi connectivity index (χ2n) is 4.87. The first-order valence-electron chi connectivity index (χ1n) is 6.85. The van der Waals surface area contributed by atoms with Gasteiger partial charge < -0.3 is 10.0 Å². The molecule has 1 unspecified atom stereocenters. The third-order valence-corrected chi connectivity index (χ3v) is 3.47. The number of halogens is 1. The van der Waals surface area contributed by atoms with Crippen molar-refractivity contribution >= 4 is 11.7 Å². The van der Waals surface area contributed by atoms with Crippen molar-refractivity contribution in [1.82, 2.24) is 0 Å². The summed E-state index contributed by atoms with van der Waals surface area (Å²) in [4.78, 5) is 13.5. The zero-order chi connectivity index (χ0) is 15.4. The van der Waals surface area contributed by atoms with Crippen LogP contribution in [0, 0.1) is 12.7 Å². The molecule has 0 spiro atoms. The quantitative estimate of drug-likeness (QED) is 0.909. The van der Waals surface area contributed by atoms with Crippen LogP contribution in [0.15, 0.2) is 48.5 Å². The van der Waals surface area contributed by atoms with Crippen LogP contribution < -0.4 is 4.90 Å². The van der Waals surface area contributed by atoms with Gasteiger partial charge in [-0.15, -0.1) is 0 Å². The standard InChI is InChI=1S/C17H18FNO2/c1-3-19(14-7-5-4-6-8-14)16(17(20)21)13-9-10-15(18)12(2)11-13/h4-11,16H,3H2,1-2H3,(H,20,21). The molecule has 0 heterocycles. The monoisotopic (exact) mass is 287 g/mol. The zero-order valence-electron chi connectivity index (χ0n) is 12.1. The lowest BCUT2D eigenvalue weighted by atomic mass is 10.0. The average molecular weight is 287 g/mol. The number of nitrogens with zero attached hydrogens (tertiary/aromatic N) is 1. The summed E-state index contributed by atoms with van der Waals surface area (Å²) >= 11 is 0. The van der Waals surface area contributed by atoms with E-state index >= 15 is 0 Å².